The Labute approximate surface area is 333 Å². The quantitative estimate of drug-likeness (QED) is 0.0623. The molecule has 0 spiro atoms. The van der Waals surface area contributed by atoms with E-state index in [2.05, 4.69) is 78.5 Å². The summed E-state index contributed by atoms with van der Waals surface area (Å²) in [7, 11) is 0. The largest absolute Gasteiger partial charge is 0.478 e. The van der Waals surface area contributed by atoms with Crippen LogP contribution in [-0.4, -0.2) is 62.2 Å². The van der Waals surface area contributed by atoms with E-state index in [1.165, 1.54) is 51.4 Å². The molecule has 4 N–H and O–H groups in total. The zero-order valence-corrected chi connectivity index (χ0v) is 32.1. The summed E-state index contributed by atoms with van der Waals surface area (Å²) in [5.41, 5.74) is 12.0. The van der Waals surface area contributed by atoms with E-state index in [9.17, 15) is 4.79 Å². The minimum atomic E-state index is -0.910. The Morgan fingerprint density at radius 3 is 1.91 bits per heavy atom. The fourth-order valence-electron chi connectivity index (χ4n) is 6.80. The molecule has 2 aliphatic rings. The van der Waals surface area contributed by atoms with Gasteiger partial charge in [0.25, 0.3) is 5.89 Å². The first kappa shape index (κ1) is 39.2. The van der Waals surface area contributed by atoms with Gasteiger partial charge in [-0.15, -0.1) is 10.2 Å². The normalized spacial score (nSPS) is 14.6. The molecule has 0 aliphatic heterocycles. The summed E-state index contributed by atoms with van der Waals surface area (Å²) in [6, 6.07) is 27.0. The van der Waals surface area contributed by atoms with E-state index in [0.717, 1.165) is 37.7 Å². The lowest BCUT2D eigenvalue weighted by Crippen LogP contribution is -2.12. The minimum absolute atomic E-state index is 0. The minimum Gasteiger partial charge on any atom is -0.478 e. The monoisotopic (exact) mass is 870 g/mol. The third-order valence-corrected chi connectivity index (χ3v) is 11.0. The van der Waals surface area contributed by atoms with E-state index in [4.69, 9.17) is 20.6 Å². The number of benzene rings is 4. The summed E-state index contributed by atoms with van der Waals surface area (Å²) < 4.78 is 11.0. The molecule has 9 rings (SSSR count). The Kier molecular flexibility index (Phi) is 12.7. The van der Waals surface area contributed by atoms with Crippen molar-refractivity contribution in [1.82, 2.24) is 40.1 Å². The molecular weight excluding hydrogens is 832 g/mol. The van der Waals surface area contributed by atoms with Crippen LogP contribution in [-0.2, 0) is 0 Å². The first-order chi connectivity index (χ1) is 26.3. The third-order valence-electron chi connectivity index (χ3n) is 9.58. The van der Waals surface area contributed by atoms with Crippen LogP contribution in [0.25, 0.3) is 44.9 Å². The van der Waals surface area contributed by atoms with Crippen molar-refractivity contribution in [1.29, 1.82) is 0 Å². The van der Waals surface area contributed by atoms with Gasteiger partial charge >= 0.3 is 5.97 Å². The zero-order chi connectivity index (χ0) is 37.6. The van der Waals surface area contributed by atoms with Gasteiger partial charge in [0.05, 0.1) is 34.2 Å². The van der Waals surface area contributed by atoms with Crippen molar-refractivity contribution in [2.45, 2.75) is 70.9 Å². The molecule has 55 heavy (non-hydrogen) atoms. The van der Waals surface area contributed by atoms with Crippen LogP contribution in [0.15, 0.2) is 104 Å². The number of aromatic carboxylic acids is 1. The number of rotatable bonds is 6. The van der Waals surface area contributed by atoms with Crippen molar-refractivity contribution in [2.24, 2.45) is 10.9 Å². The number of carboxylic acid groups (broad SMARTS) is 1. The molecule has 0 unspecified atom stereocenters. The molecule has 284 valence electrons. The molecule has 4 aromatic carbocycles. The van der Waals surface area contributed by atoms with Gasteiger partial charge in [0.1, 0.15) is 11.0 Å². The molecule has 2 aliphatic carbocycles. The van der Waals surface area contributed by atoms with Gasteiger partial charge in [-0.25, -0.2) is 14.2 Å². The highest BCUT2D eigenvalue weighted by Crippen LogP contribution is 2.33. The van der Waals surface area contributed by atoms with Gasteiger partial charge in [-0.3, -0.25) is 0 Å². The van der Waals surface area contributed by atoms with E-state index in [-0.39, 0.29) is 13.3 Å². The molecule has 0 bridgehead atoms. The number of halogens is 2. The number of oxime groups is 1. The predicted molar refractivity (Wildman–Crippen MR) is 217 cm³/mol. The lowest BCUT2D eigenvalue weighted by molar-refractivity contribution is 0.0696. The highest BCUT2D eigenvalue weighted by Gasteiger charge is 2.22. The molecule has 2 saturated carbocycles. The maximum Gasteiger partial charge on any atom is 0.336 e. The van der Waals surface area contributed by atoms with E-state index in [1.807, 2.05) is 53.2 Å². The fourth-order valence-corrected chi connectivity index (χ4v) is 7.71. The first-order valence-electron chi connectivity index (χ1n) is 17.6. The van der Waals surface area contributed by atoms with Crippen LogP contribution in [0.3, 0.4) is 0 Å². The molecule has 0 amide bonds. The van der Waals surface area contributed by atoms with Crippen molar-refractivity contribution < 1.29 is 19.6 Å². The van der Waals surface area contributed by atoms with Gasteiger partial charge in [0.2, 0.25) is 5.82 Å². The van der Waals surface area contributed by atoms with E-state index < -0.39 is 5.97 Å². The van der Waals surface area contributed by atoms with Crippen LogP contribution in [0, 0.1) is 0 Å². The number of nitrogens with zero attached hydrogens (tertiary/aromatic N) is 9. The second kappa shape index (κ2) is 17.8. The second-order valence-electron chi connectivity index (χ2n) is 13.0. The van der Waals surface area contributed by atoms with Crippen LogP contribution in [0.1, 0.15) is 86.8 Å². The van der Waals surface area contributed by atoms with Crippen LogP contribution in [0.4, 0.5) is 0 Å². The summed E-state index contributed by atoms with van der Waals surface area (Å²) in [4.78, 5) is 14.9. The van der Waals surface area contributed by atoms with E-state index in [0.29, 0.717) is 39.4 Å². The number of fused-ring (bicyclic) bond motifs is 2. The molecule has 3 aromatic heterocycles. The van der Waals surface area contributed by atoms with Gasteiger partial charge in [-0.05, 0) is 118 Å². The van der Waals surface area contributed by atoms with Crippen LogP contribution >= 0.6 is 31.9 Å². The highest BCUT2D eigenvalue weighted by atomic mass is 79.9. The Morgan fingerprint density at radius 2 is 1.35 bits per heavy atom. The molecule has 0 radical (unpaired) electrons. The Hall–Kier alpha value is -5.48. The fraction of sp³-hybridized carbons (Fsp3) is 0.282. The standard InChI is InChI=1S/C19H16BrN5O.C12H15N5O.C7H5BrO2.CH4/c20-15-8-4-3-7-14(15)19-21-18(23-26-19)12-9-10-17-16(11-12)22-24-25(17)13-5-1-2-6-13;13-12(15-18)8-5-6-11-10(7-8)14-16-17(11)9-3-1-2-4-9;8-6-4-2-1-3-5(6)7(9)10;/h3-4,7-11,13H,1-2,5-6H2;5-7,9,18H,1-4H2,(H2,13,15);1-4H,(H,9,10);1H4. The molecule has 0 atom stereocenters. The highest BCUT2D eigenvalue weighted by molar-refractivity contribution is 9.10. The summed E-state index contributed by atoms with van der Waals surface area (Å²) in [6.45, 7) is 0. The van der Waals surface area contributed by atoms with Crippen LogP contribution in [0.5, 0.6) is 0 Å². The van der Waals surface area contributed by atoms with Crippen molar-refractivity contribution in [3.63, 3.8) is 0 Å². The van der Waals surface area contributed by atoms with Crippen molar-refractivity contribution >= 4 is 65.7 Å². The summed E-state index contributed by atoms with van der Waals surface area (Å²) in [5.74, 6) is 0.218. The average Bonchev–Trinajstić information content (AvgIpc) is 4.04. The van der Waals surface area contributed by atoms with Gasteiger partial charge in [0.15, 0.2) is 5.84 Å². The third kappa shape index (κ3) is 8.75. The van der Waals surface area contributed by atoms with Gasteiger partial charge < -0.3 is 20.6 Å². The Bertz CT molecular complexity index is 2430. The lowest BCUT2D eigenvalue weighted by Gasteiger charge is -2.09. The number of hydrogen-bond donors (Lipinski definition) is 3. The molecule has 14 nitrogen and oxygen atoms in total. The first-order valence-corrected chi connectivity index (χ1v) is 19.1. The van der Waals surface area contributed by atoms with Crippen LogP contribution in [0.2, 0.25) is 0 Å². The van der Waals surface area contributed by atoms with Crippen molar-refractivity contribution in [3.8, 4) is 22.8 Å². The van der Waals surface area contributed by atoms with Gasteiger partial charge in [0, 0.05) is 20.1 Å². The summed E-state index contributed by atoms with van der Waals surface area (Å²) in [6.07, 6.45) is 9.75. The van der Waals surface area contributed by atoms with E-state index in [1.54, 1.807) is 30.3 Å². The molecule has 7 aromatic rings. The molecule has 16 heteroatoms. The topological polar surface area (TPSA) is 196 Å². The van der Waals surface area contributed by atoms with Crippen molar-refractivity contribution in [2.75, 3.05) is 0 Å². The molecule has 2 fully saturated rings. The van der Waals surface area contributed by atoms with Gasteiger partial charge in [-0.1, -0.05) is 78.1 Å². The van der Waals surface area contributed by atoms with Crippen LogP contribution < -0.4 is 5.73 Å². The zero-order valence-electron chi connectivity index (χ0n) is 29.0. The smallest absolute Gasteiger partial charge is 0.336 e. The number of carboxylic acids is 1. The number of carbonyl (C=O) groups is 1. The number of hydrogen-bond acceptors (Lipinski definition) is 10. The maximum atomic E-state index is 10.4. The summed E-state index contributed by atoms with van der Waals surface area (Å²) in [5, 5.41) is 41.4. The van der Waals surface area contributed by atoms with Gasteiger partial charge in [-0.2, -0.15) is 4.98 Å². The Morgan fingerprint density at radius 1 is 0.782 bits per heavy atom. The van der Waals surface area contributed by atoms with Crippen molar-refractivity contribution in [3.05, 3.63) is 105 Å². The SMILES string of the molecule is Brc1ccccc1-c1nc(-c2ccc3c(c2)nnn3C2CCCC2)no1.C.NC(=NO)c1ccc2c(c1)nnn2C1CCCC1.O=C(O)c1ccccc1Br. The number of nitrogens with two attached hydrogens (primary N) is 1. The summed E-state index contributed by atoms with van der Waals surface area (Å²) >= 11 is 6.63. The molecule has 3 heterocycles. The lowest BCUT2D eigenvalue weighted by atomic mass is 10.1. The van der Waals surface area contributed by atoms with E-state index >= 15 is 0 Å². The molecular formula is C39H40Br2N10O4. The average molecular weight is 873 g/mol. The number of amidine groups is 1. The predicted octanol–water partition coefficient (Wildman–Crippen LogP) is 9.45. The Balaban J connectivity index is 0.000000154. The second-order valence-corrected chi connectivity index (χ2v) is 14.7. The number of aromatic nitrogens is 8. The molecule has 0 saturated heterocycles. The maximum absolute atomic E-state index is 10.4.